The molecule has 0 aliphatic rings. The summed E-state index contributed by atoms with van der Waals surface area (Å²) < 4.78 is 6.32. The molecule has 0 saturated heterocycles. The molecule has 1 amide bonds. The second-order valence-corrected chi connectivity index (χ2v) is 7.35. The van der Waals surface area contributed by atoms with Crippen molar-refractivity contribution in [1.82, 2.24) is 15.6 Å². The first-order valence-corrected chi connectivity index (χ1v) is 9.66. The maximum atomic E-state index is 11.9. The Bertz CT molecular complexity index is 942. The summed E-state index contributed by atoms with van der Waals surface area (Å²) in [6, 6.07) is 11.9. The largest absolute Gasteiger partial charge is 0.493 e. The monoisotopic (exact) mass is 387 g/mol. The number of carbonyl (C=O) groups excluding carboxylic acids is 1. The molecule has 0 unspecified atom stereocenters. The molecule has 3 N–H and O–H groups in total. The van der Waals surface area contributed by atoms with E-state index in [1.165, 1.54) is 23.1 Å². The molecule has 7 nitrogen and oxygen atoms in total. The standard InChI is InChI=1S/C17H17N5O2S2/c1-2-24-14-8-7-11-5-3-4-6-12(11)13(14)9-19-20-15(23)10-25-17-22-21-16(18)26-17/h3-9H,2,10H2,1H3,(H2,18,21)(H,20,23)/b19-9-. The highest BCUT2D eigenvalue weighted by atomic mass is 32.2. The molecule has 1 aromatic heterocycles. The number of rotatable bonds is 7. The van der Waals surface area contributed by atoms with Crippen molar-refractivity contribution < 1.29 is 9.53 Å². The summed E-state index contributed by atoms with van der Waals surface area (Å²) in [6.45, 7) is 2.47. The average Bonchev–Trinajstić information content (AvgIpc) is 3.07. The van der Waals surface area contributed by atoms with Crippen molar-refractivity contribution >= 4 is 51.1 Å². The number of amides is 1. The molecule has 0 atom stereocenters. The lowest BCUT2D eigenvalue weighted by Crippen LogP contribution is -2.19. The van der Waals surface area contributed by atoms with Gasteiger partial charge in [-0.05, 0) is 23.8 Å². The fraction of sp³-hybridized carbons (Fsp3) is 0.176. The number of nitrogens with zero attached hydrogens (tertiary/aromatic N) is 3. The lowest BCUT2D eigenvalue weighted by Gasteiger charge is -2.10. The number of ether oxygens (including phenoxy) is 1. The number of thioether (sulfide) groups is 1. The minimum atomic E-state index is -0.238. The lowest BCUT2D eigenvalue weighted by molar-refractivity contribution is -0.118. The van der Waals surface area contributed by atoms with Gasteiger partial charge >= 0.3 is 0 Å². The van der Waals surface area contributed by atoms with Crippen LogP contribution in [0.4, 0.5) is 5.13 Å². The molecule has 134 valence electrons. The second-order valence-electron chi connectivity index (χ2n) is 5.12. The van der Waals surface area contributed by atoms with Crippen molar-refractivity contribution in [2.45, 2.75) is 11.3 Å². The van der Waals surface area contributed by atoms with Crippen LogP contribution in [0.15, 0.2) is 45.8 Å². The molecular formula is C17H17N5O2S2. The van der Waals surface area contributed by atoms with Gasteiger partial charge in [0.1, 0.15) is 5.75 Å². The number of hydrazone groups is 1. The van der Waals surface area contributed by atoms with Gasteiger partial charge in [-0.2, -0.15) is 5.10 Å². The summed E-state index contributed by atoms with van der Waals surface area (Å²) in [6.07, 6.45) is 1.61. The first-order valence-electron chi connectivity index (χ1n) is 7.85. The van der Waals surface area contributed by atoms with E-state index >= 15 is 0 Å². The molecule has 0 bridgehead atoms. The van der Waals surface area contributed by atoms with Crippen molar-refractivity contribution in [3.8, 4) is 5.75 Å². The Morgan fingerprint density at radius 3 is 2.96 bits per heavy atom. The maximum absolute atomic E-state index is 11.9. The van der Waals surface area contributed by atoms with Crippen LogP contribution in [0.3, 0.4) is 0 Å². The summed E-state index contributed by atoms with van der Waals surface area (Å²) >= 11 is 2.51. The van der Waals surface area contributed by atoms with E-state index in [-0.39, 0.29) is 11.7 Å². The molecule has 0 aliphatic carbocycles. The van der Waals surface area contributed by atoms with E-state index in [9.17, 15) is 4.79 Å². The third kappa shape index (κ3) is 4.50. The number of fused-ring (bicyclic) bond motifs is 1. The van der Waals surface area contributed by atoms with Gasteiger partial charge < -0.3 is 10.5 Å². The predicted octanol–water partition coefficient (Wildman–Crippen LogP) is 2.91. The number of nitrogens with one attached hydrogen (secondary N) is 1. The summed E-state index contributed by atoms with van der Waals surface area (Å²) in [4.78, 5) is 11.9. The van der Waals surface area contributed by atoms with Crippen LogP contribution in [0.5, 0.6) is 5.75 Å². The van der Waals surface area contributed by atoms with E-state index in [2.05, 4.69) is 20.7 Å². The van der Waals surface area contributed by atoms with Crippen molar-refractivity contribution in [3.05, 3.63) is 42.0 Å². The molecule has 9 heteroatoms. The molecule has 3 rings (SSSR count). The number of anilines is 1. The smallest absolute Gasteiger partial charge is 0.250 e. The Morgan fingerprint density at radius 1 is 1.35 bits per heavy atom. The zero-order chi connectivity index (χ0) is 18.4. The van der Waals surface area contributed by atoms with Gasteiger partial charge in [0.15, 0.2) is 4.34 Å². The zero-order valence-electron chi connectivity index (χ0n) is 14.0. The van der Waals surface area contributed by atoms with Crippen LogP contribution in [-0.4, -0.2) is 34.7 Å². The van der Waals surface area contributed by atoms with Crippen LogP contribution in [0.25, 0.3) is 10.8 Å². The van der Waals surface area contributed by atoms with Gasteiger partial charge in [0.05, 0.1) is 18.6 Å². The van der Waals surface area contributed by atoms with E-state index < -0.39 is 0 Å². The molecular weight excluding hydrogens is 370 g/mol. The molecule has 0 radical (unpaired) electrons. The molecule has 1 heterocycles. The molecule has 0 aliphatic heterocycles. The van der Waals surface area contributed by atoms with Gasteiger partial charge in [0.25, 0.3) is 5.91 Å². The number of nitrogens with two attached hydrogens (primary N) is 1. The first-order chi connectivity index (χ1) is 12.7. The van der Waals surface area contributed by atoms with Gasteiger partial charge in [-0.3, -0.25) is 4.79 Å². The number of hydrogen-bond donors (Lipinski definition) is 2. The summed E-state index contributed by atoms with van der Waals surface area (Å²) in [7, 11) is 0. The number of hydrogen-bond acceptors (Lipinski definition) is 8. The molecule has 0 fully saturated rings. The zero-order valence-corrected chi connectivity index (χ0v) is 15.6. The quantitative estimate of drug-likeness (QED) is 0.367. The van der Waals surface area contributed by atoms with Crippen LogP contribution in [-0.2, 0) is 4.79 Å². The minimum absolute atomic E-state index is 0.180. The fourth-order valence-electron chi connectivity index (χ4n) is 2.30. The Hall–Kier alpha value is -2.65. The van der Waals surface area contributed by atoms with Crippen LogP contribution < -0.4 is 15.9 Å². The normalized spacial score (nSPS) is 11.1. The van der Waals surface area contributed by atoms with Crippen molar-refractivity contribution in [2.75, 3.05) is 18.1 Å². The highest BCUT2D eigenvalue weighted by molar-refractivity contribution is 8.01. The molecule has 2 aromatic carbocycles. The summed E-state index contributed by atoms with van der Waals surface area (Å²) in [5, 5.41) is 14.1. The van der Waals surface area contributed by atoms with Crippen molar-refractivity contribution in [1.29, 1.82) is 0 Å². The topological polar surface area (TPSA) is 102 Å². The molecule has 26 heavy (non-hydrogen) atoms. The van der Waals surface area contributed by atoms with Crippen molar-refractivity contribution in [2.24, 2.45) is 5.10 Å². The maximum Gasteiger partial charge on any atom is 0.250 e. The van der Waals surface area contributed by atoms with Gasteiger partial charge in [0.2, 0.25) is 5.13 Å². The van der Waals surface area contributed by atoms with Gasteiger partial charge in [0, 0.05) is 5.56 Å². The Labute approximate surface area is 158 Å². The minimum Gasteiger partial charge on any atom is -0.493 e. The van der Waals surface area contributed by atoms with Gasteiger partial charge in [-0.1, -0.05) is 53.4 Å². The predicted molar refractivity (Wildman–Crippen MR) is 106 cm³/mol. The Morgan fingerprint density at radius 2 is 2.19 bits per heavy atom. The molecule has 3 aromatic rings. The number of carbonyl (C=O) groups is 1. The number of nitrogen functional groups attached to an aromatic ring is 1. The van der Waals surface area contributed by atoms with E-state index in [1.807, 2.05) is 43.3 Å². The van der Waals surface area contributed by atoms with Crippen LogP contribution in [0.1, 0.15) is 12.5 Å². The molecule has 0 spiro atoms. The fourth-order valence-corrected chi connectivity index (χ4v) is 3.73. The number of aromatic nitrogens is 2. The lowest BCUT2D eigenvalue weighted by atomic mass is 10.0. The van der Waals surface area contributed by atoms with Gasteiger partial charge in [-0.25, -0.2) is 5.43 Å². The van der Waals surface area contributed by atoms with E-state index in [0.29, 0.717) is 16.1 Å². The van der Waals surface area contributed by atoms with Crippen LogP contribution in [0, 0.1) is 0 Å². The first kappa shape index (κ1) is 18.2. The summed E-state index contributed by atoms with van der Waals surface area (Å²) in [5.74, 6) is 0.668. The number of benzene rings is 2. The molecule has 0 saturated carbocycles. The van der Waals surface area contributed by atoms with Crippen LogP contribution in [0.2, 0.25) is 0 Å². The average molecular weight is 387 g/mol. The highest BCUT2D eigenvalue weighted by Crippen LogP contribution is 2.27. The van der Waals surface area contributed by atoms with Gasteiger partial charge in [-0.15, -0.1) is 10.2 Å². The Balaban J connectivity index is 1.69. The Kier molecular flexibility index (Phi) is 6.03. The van der Waals surface area contributed by atoms with E-state index in [4.69, 9.17) is 10.5 Å². The van der Waals surface area contributed by atoms with E-state index in [0.717, 1.165) is 22.1 Å². The summed E-state index contributed by atoms with van der Waals surface area (Å²) in [5.41, 5.74) is 8.86. The third-order valence-corrected chi connectivity index (χ3v) is 5.25. The second kappa shape index (κ2) is 8.63. The van der Waals surface area contributed by atoms with Crippen molar-refractivity contribution in [3.63, 3.8) is 0 Å². The highest BCUT2D eigenvalue weighted by Gasteiger charge is 2.08. The SMILES string of the molecule is CCOc1ccc2ccccc2c1/C=N\NC(=O)CSc1nnc(N)s1. The van der Waals surface area contributed by atoms with Crippen LogP contribution >= 0.6 is 23.1 Å². The third-order valence-electron chi connectivity index (χ3n) is 3.36. The van der Waals surface area contributed by atoms with E-state index in [1.54, 1.807) is 6.21 Å².